The van der Waals surface area contributed by atoms with Crippen molar-refractivity contribution in [1.82, 2.24) is 15.3 Å². The number of rotatable bonds is 7. The molecule has 0 aliphatic carbocycles. The highest BCUT2D eigenvalue weighted by molar-refractivity contribution is 5.95. The van der Waals surface area contributed by atoms with Gasteiger partial charge in [-0.15, -0.1) is 0 Å². The minimum absolute atomic E-state index is 0.0410. The first-order chi connectivity index (χ1) is 12.5. The van der Waals surface area contributed by atoms with Crippen molar-refractivity contribution in [2.24, 2.45) is 0 Å². The van der Waals surface area contributed by atoms with Crippen LogP contribution in [0.15, 0.2) is 36.7 Å². The highest BCUT2D eigenvalue weighted by Crippen LogP contribution is 2.16. The molecule has 0 radical (unpaired) electrons. The average molecular weight is 359 g/mol. The van der Waals surface area contributed by atoms with Crippen molar-refractivity contribution < 1.29 is 19.4 Å². The number of hydrogen-bond donors (Lipinski definition) is 2. The van der Waals surface area contributed by atoms with Crippen molar-refractivity contribution in [3.63, 3.8) is 0 Å². The summed E-state index contributed by atoms with van der Waals surface area (Å²) >= 11 is 0. The lowest BCUT2D eigenvalue weighted by Gasteiger charge is -2.13. The summed E-state index contributed by atoms with van der Waals surface area (Å²) in [6.07, 6.45) is 5.73. The van der Waals surface area contributed by atoms with Crippen LogP contribution in [-0.4, -0.2) is 47.2 Å². The van der Waals surface area contributed by atoms with Crippen molar-refractivity contribution in [3.05, 3.63) is 47.8 Å². The molecule has 7 heteroatoms. The monoisotopic (exact) mass is 359 g/mol. The highest BCUT2D eigenvalue weighted by Gasteiger charge is 2.11. The maximum Gasteiger partial charge on any atom is 0.290 e. The fourth-order valence-corrected chi connectivity index (χ4v) is 2.32. The van der Waals surface area contributed by atoms with E-state index < -0.39 is 0 Å². The molecule has 1 aromatic heterocycles. The minimum Gasteiger partial charge on any atom is -0.483 e. The van der Waals surface area contributed by atoms with Crippen molar-refractivity contribution in [3.8, 4) is 11.4 Å². The lowest BCUT2D eigenvalue weighted by molar-refractivity contribution is -0.122. The van der Waals surface area contributed by atoms with E-state index in [1.165, 1.54) is 0 Å². The second-order valence-corrected chi connectivity index (χ2v) is 5.68. The molecule has 2 rings (SSSR count). The molecule has 1 heterocycles. The molecule has 0 aliphatic rings. The first-order valence-electron chi connectivity index (χ1n) is 8.34. The number of nitrogens with zero attached hydrogens (tertiary/aromatic N) is 2. The molecule has 0 saturated carbocycles. The Hall–Kier alpha value is -2.80. The van der Waals surface area contributed by atoms with Gasteiger partial charge < -0.3 is 15.2 Å². The minimum atomic E-state index is -0.250. The van der Waals surface area contributed by atoms with Gasteiger partial charge in [-0.05, 0) is 31.0 Å². The highest BCUT2D eigenvalue weighted by atomic mass is 16.5. The molecule has 0 aliphatic heterocycles. The van der Waals surface area contributed by atoms with Crippen molar-refractivity contribution in [1.29, 1.82) is 0 Å². The molecule has 1 amide bonds. The molecule has 0 fully saturated rings. The van der Waals surface area contributed by atoms with Crippen LogP contribution in [0.25, 0.3) is 11.4 Å². The van der Waals surface area contributed by atoms with Gasteiger partial charge in [-0.25, -0.2) is 9.97 Å². The molecule has 26 heavy (non-hydrogen) atoms. The topological polar surface area (TPSA) is 101 Å². The summed E-state index contributed by atoms with van der Waals surface area (Å²) in [6.45, 7) is 4.26. The van der Waals surface area contributed by atoms with E-state index in [0.717, 1.165) is 24.0 Å². The van der Waals surface area contributed by atoms with Crippen LogP contribution in [0.2, 0.25) is 0 Å². The van der Waals surface area contributed by atoms with E-state index in [1.54, 1.807) is 13.2 Å². The van der Waals surface area contributed by atoms with Crippen LogP contribution in [-0.2, 0) is 16.0 Å². The molecule has 2 N–H and O–H groups in total. The van der Waals surface area contributed by atoms with Gasteiger partial charge in [0.15, 0.2) is 5.82 Å². The second kappa shape index (κ2) is 11.7. The maximum absolute atomic E-state index is 12.2. The third-order valence-electron chi connectivity index (χ3n) is 3.42. The fourth-order valence-electron chi connectivity index (χ4n) is 2.32. The fraction of sp³-hybridized carbons (Fsp3) is 0.368. The van der Waals surface area contributed by atoms with Gasteiger partial charge in [-0.2, -0.15) is 0 Å². The van der Waals surface area contributed by atoms with E-state index in [2.05, 4.69) is 22.2 Å². The van der Waals surface area contributed by atoms with Crippen LogP contribution in [0.3, 0.4) is 0 Å². The Balaban J connectivity index is 0.00000105. The predicted molar refractivity (Wildman–Crippen MR) is 99.0 cm³/mol. The second-order valence-electron chi connectivity index (χ2n) is 5.68. The third kappa shape index (κ3) is 6.98. The van der Waals surface area contributed by atoms with E-state index in [-0.39, 0.29) is 18.4 Å². The summed E-state index contributed by atoms with van der Waals surface area (Å²) in [5.41, 5.74) is 2.55. The van der Waals surface area contributed by atoms with Crippen LogP contribution >= 0.6 is 0 Å². The van der Waals surface area contributed by atoms with Gasteiger partial charge >= 0.3 is 0 Å². The summed E-state index contributed by atoms with van der Waals surface area (Å²) in [7, 11) is 1.61. The molecule has 2 aromatic rings. The molecule has 0 saturated heterocycles. The number of nitrogens with one attached hydrogen (secondary N) is 1. The Morgan fingerprint density at radius 3 is 2.58 bits per heavy atom. The lowest BCUT2D eigenvalue weighted by atomic mass is 10.1. The van der Waals surface area contributed by atoms with E-state index in [9.17, 15) is 4.79 Å². The summed E-state index contributed by atoms with van der Waals surface area (Å²) in [5.74, 6) is 0.503. The zero-order valence-electron chi connectivity index (χ0n) is 15.3. The normalized spacial score (nSPS) is 11.0. The largest absolute Gasteiger partial charge is 0.483 e. The van der Waals surface area contributed by atoms with Gasteiger partial charge in [0.05, 0.1) is 6.61 Å². The number of carbonyl (C=O) groups is 2. The standard InChI is InChI=1S/C18H23N3O2.CH2O2/c1-4-6-14-10-19-17(20-11-14)15-7-5-8-16(9-15)18(22)21-13(2)12-23-3;2-1-3/h5,7-11,13H,4,6,12H2,1-3H3,(H,21,22);1H,(H,2,3). The number of methoxy groups -OCH3 is 1. The quantitative estimate of drug-likeness (QED) is 0.737. The van der Waals surface area contributed by atoms with Crippen molar-refractivity contribution in [2.75, 3.05) is 13.7 Å². The van der Waals surface area contributed by atoms with Crippen LogP contribution in [0.1, 0.15) is 36.2 Å². The molecule has 1 atom stereocenters. The van der Waals surface area contributed by atoms with E-state index in [4.69, 9.17) is 14.6 Å². The number of ether oxygens (including phenoxy) is 1. The van der Waals surface area contributed by atoms with E-state index in [1.807, 2.05) is 37.5 Å². The average Bonchev–Trinajstić information content (AvgIpc) is 2.63. The van der Waals surface area contributed by atoms with Gasteiger partial charge in [0.2, 0.25) is 0 Å². The Morgan fingerprint density at radius 2 is 2.00 bits per heavy atom. The van der Waals surface area contributed by atoms with Crippen LogP contribution < -0.4 is 5.32 Å². The number of benzene rings is 1. The number of aryl methyl sites for hydroxylation is 1. The number of carboxylic acid groups (broad SMARTS) is 1. The lowest BCUT2D eigenvalue weighted by Crippen LogP contribution is -2.35. The van der Waals surface area contributed by atoms with Gasteiger partial charge in [0, 0.05) is 36.7 Å². The van der Waals surface area contributed by atoms with Crippen molar-refractivity contribution >= 4 is 12.4 Å². The van der Waals surface area contributed by atoms with E-state index in [0.29, 0.717) is 18.0 Å². The van der Waals surface area contributed by atoms with Crippen LogP contribution in [0.5, 0.6) is 0 Å². The van der Waals surface area contributed by atoms with E-state index >= 15 is 0 Å². The SMILES string of the molecule is CCCc1cnc(-c2cccc(C(=O)NC(C)COC)c2)nc1.O=CO. The number of carbonyl (C=O) groups excluding carboxylic acids is 1. The molecular weight excluding hydrogens is 334 g/mol. The van der Waals surface area contributed by atoms with Crippen LogP contribution in [0.4, 0.5) is 0 Å². The zero-order chi connectivity index (χ0) is 19.4. The molecule has 1 unspecified atom stereocenters. The third-order valence-corrected chi connectivity index (χ3v) is 3.42. The van der Waals surface area contributed by atoms with Crippen LogP contribution in [0, 0.1) is 0 Å². The Bertz CT molecular complexity index is 689. The Labute approximate surface area is 153 Å². The molecule has 140 valence electrons. The molecular formula is C19H25N3O4. The van der Waals surface area contributed by atoms with Gasteiger partial charge in [0.25, 0.3) is 12.4 Å². The molecule has 0 bridgehead atoms. The molecule has 1 aromatic carbocycles. The van der Waals surface area contributed by atoms with Gasteiger partial charge in [-0.1, -0.05) is 25.5 Å². The summed E-state index contributed by atoms with van der Waals surface area (Å²) < 4.78 is 5.03. The summed E-state index contributed by atoms with van der Waals surface area (Å²) in [4.78, 5) is 29.4. The first kappa shape index (κ1) is 21.2. The zero-order valence-corrected chi connectivity index (χ0v) is 15.3. The van der Waals surface area contributed by atoms with Gasteiger partial charge in [-0.3, -0.25) is 9.59 Å². The number of hydrogen-bond acceptors (Lipinski definition) is 5. The number of aromatic nitrogens is 2. The van der Waals surface area contributed by atoms with Gasteiger partial charge in [0.1, 0.15) is 0 Å². The molecule has 0 spiro atoms. The van der Waals surface area contributed by atoms with Crippen molar-refractivity contribution in [2.45, 2.75) is 32.7 Å². The number of amides is 1. The smallest absolute Gasteiger partial charge is 0.290 e. The summed E-state index contributed by atoms with van der Waals surface area (Å²) in [5, 5.41) is 9.79. The summed E-state index contributed by atoms with van der Waals surface area (Å²) in [6, 6.07) is 7.30. The molecule has 7 nitrogen and oxygen atoms in total. The Kier molecular flexibility index (Phi) is 9.56. The first-order valence-corrected chi connectivity index (χ1v) is 8.34. The Morgan fingerprint density at radius 1 is 1.35 bits per heavy atom. The maximum atomic E-state index is 12.2. The predicted octanol–water partition coefficient (Wildman–Crippen LogP) is 2.56.